The smallest absolute Gasteiger partial charge is 0.200 e. The molecule has 152 valence electrons. The lowest BCUT2D eigenvalue weighted by Gasteiger charge is -2.38. The summed E-state index contributed by atoms with van der Waals surface area (Å²) in [6.45, 7) is 2.56. The van der Waals surface area contributed by atoms with Crippen molar-refractivity contribution in [1.82, 2.24) is 0 Å². The maximum Gasteiger partial charge on any atom is 0.335 e. The molecule has 0 radical (unpaired) electrons. The van der Waals surface area contributed by atoms with Gasteiger partial charge in [-0.2, -0.15) is 17.6 Å². The summed E-state index contributed by atoms with van der Waals surface area (Å²) in [5.41, 5.74) is 0.419. The molecule has 2 saturated carbocycles. The SMILES string of the molecule is CCC1CCC(C2CCC(c3ccc(C(F)(F)C(C)(F)F)cc3)CC2)CC1. The molecule has 2 aliphatic rings. The first-order chi connectivity index (χ1) is 12.7. The zero-order chi connectivity index (χ0) is 19.7. The summed E-state index contributed by atoms with van der Waals surface area (Å²) in [4.78, 5) is 0. The topological polar surface area (TPSA) is 0 Å². The van der Waals surface area contributed by atoms with Gasteiger partial charge in [-0.25, -0.2) is 0 Å². The highest BCUT2D eigenvalue weighted by atomic mass is 19.3. The van der Waals surface area contributed by atoms with Gasteiger partial charge in [-0.3, -0.25) is 0 Å². The minimum absolute atomic E-state index is 0.274. The van der Waals surface area contributed by atoms with Crippen LogP contribution in [0.5, 0.6) is 0 Å². The Bertz CT molecular complexity index is 586. The zero-order valence-corrected chi connectivity index (χ0v) is 16.5. The largest absolute Gasteiger partial charge is 0.335 e. The molecule has 1 aromatic carbocycles. The number of benzene rings is 1. The molecule has 0 aromatic heterocycles. The number of rotatable bonds is 5. The predicted octanol–water partition coefficient (Wildman–Crippen LogP) is 7.92. The van der Waals surface area contributed by atoms with Crippen molar-refractivity contribution in [1.29, 1.82) is 0 Å². The summed E-state index contributed by atoms with van der Waals surface area (Å²) in [7, 11) is 0. The molecule has 1 aromatic rings. The quantitative estimate of drug-likeness (QED) is 0.452. The van der Waals surface area contributed by atoms with E-state index < -0.39 is 17.4 Å². The minimum Gasteiger partial charge on any atom is -0.200 e. The molecule has 27 heavy (non-hydrogen) atoms. The average molecular weight is 385 g/mol. The van der Waals surface area contributed by atoms with E-state index in [4.69, 9.17) is 0 Å². The molecule has 2 aliphatic carbocycles. The highest BCUT2D eigenvalue weighted by Gasteiger charge is 2.53. The summed E-state index contributed by atoms with van der Waals surface area (Å²) in [6, 6.07) is 5.63. The van der Waals surface area contributed by atoms with Crippen molar-refractivity contribution in [3.8, 4) is 0 Å². The third kappa shape index (κ3) is 4.51. The minimum atomic E-state index is -4.12. The first-order valence-corrected chi connectivity index (χ1v) is 10.6. The normalized spacial score (nSPS) is 30.3. The second-order valence-electron chi connectivity index (χ2n) is 8.89. The zero-order valence-electron chi connectivity index (χ0n) is 16.5. The van der Waals surface area contributed by atoms with Crippen LogP contribution in [0.4, 0.5) is 17.6 Å². The van der Waals surface area contributed by atoms with E-state index in [1.807, 2.05) is 0 Å². The van der Waals surface area contributed by atoms with E-state index in [0.29, 0.717) is 5.92 Å². The molecule has 0 saturated heterocycles. The highest BCUT2D eigenvalue weighted by Crippen LogP contribution is 2.46. The molecule has 0 heterocycles. The summed E-state index contributed by atoms with van der Waals surface area (Å²) in [5, 5.41) is 0. The monoisotopic (exact) mass is 384 g/mol. The van der Waals surface area contributed by atoms with Crippen LogP contribution >= 0.6 is 0 Å². The summed E-state index contributed by atoms with van der Waals surface area (Å²) in [6.07, 6.45) is 11.4. The number of halogens is 4. The molecule has 0 unspecified atom stereocenters. The van der Waals surface area contributed by atoms with E-state index in [1.165, 1.54) is 57.1 Å². The molecular formula is C23H32F4. The van der Waals surface area contributed by atoms with Crippen LogP contribution in [0.15, 0.2) is 24.3 Å². The molecule has 4 heteroatoms. The van der Waals surface area contributed by atoms with Crippen LogP contribution in [-0.2, 0) is 5.92 Å². The molecule has 0 spiro atoms. The van der Waals surface area contributed by atoms with Crippen molar-refractivity contribution in [2.24, 2.45) is 17.8 Å². The Hall–Kier alpha value is -1.06. The van der Waals surface area contributed by atoms with Crippen molar-refractivity contribution in [2.45, 2.75) is 89.4 Å². The van der Waals surface area contributed by atoms with E-state index in [0.717, 1.165) is 36.2 Å². The Morgan fingerprint density at radius 1 is 0.778 bits per heavy atom. The maximum atomic E-state index is 13.8. The first-order valence-electron chi connectivity index (χ1n) is 10.6. The summed E-state index contributed by atoms with van der Waals surface area (Å²) < 4.78 is 53.9. The van der Waals surface area contributed by atoms with Gasteiger partial charge in [-0.05, 0) is 67.8 Å². The van der Waals surface area contributed by atoms with Gasteiger partial charge in [0.1, 0.15) is 0 Å². The Morgan fingerprint density at radius 3 is 1.70 bits per heavy atom. The number of hydrogen-bond acceptors (Lipinski definition) is 0. The molecule has 2 fully saturated rings. The van der Waals surface area contributed by atoms with Gasteiger partial charge in [0.2, 0.25) is 0 Å². The van der Waals surface area contributed by atoms with Crippen LogP contribution in [-0.4, -0.2) is 5.92 Å². The Balaban J connectivity index is 1.56. The van der Waals surface area contributed by atoms with Gasteiger partial charge < -0.3 is 0 Å². The average Bonchev–Trinajstić information content (AvgIpc) is 2.67. The fourth-order valence-corrected chi connectivity index (χ4v) is 5.21. The molecular weight excluding hydrogens is 352 g/mol. The van der Waals surface area contributed by atoms with Gasteiger partial charge >= 0.3 is 11.8 Å². The standard InChI is InChI=1S/C23H32F4/c1-3-16-4-6-17(7-5-16)18-8-10-19(11-9-18)20-12-14-21(15-13-20)23(26,27)22(2,24)25/h12-19H,3-11H2,1-2H3. The van der Waals surface area contributed by atoms with Gasteiger partial charge in [0.15, 0.2) is 0 Å². The Labute approximate surface area is 160 Å². The predicted molar refractivity (Wildman–Crippen MR) is 101 cm³/mol. The van der Waals surface area contributed by atoms with E-state index in [-0.39, 0.29) is 6.92 Å². The van der Waals surface area contributed by atoms with Crippen LogP contribution in [0.1, 0.15) is 88.7 Å². The van der Waals surface area contributed by atoms with E-state index in [2.05, 4.69) is 6.92 Å². The molecule has 3 rings (SSSR count). The van der Waals surface area contributed by atoms with Gasteiger partial charge in [-0.1, -0.05) is 50.5 Å². The van der Waals surface area contributed by atoms with E-state index in [9.17, 15) is 17.6 Å². The molecule has 0 bridgehead atoms. The molecule has 0 amide bonds. The van der Waals surface area contributed by atoms with Gasteiger partial charge in [0, 0.05) is 12.5 Å². The van der Waals surface area contributed by atoms with Crippen LogP contribution in [0.25, 0.3) is 0 Å². The van der Waals surface area contributed by atoms with E-state index in [1.54, 1.807) is 12.1 Å². The van der Waals surface area contributed by atoms with Crippen molar-refractivity contribution in [3.63, 3.8) is 0 Å². The number of hydrogen-bond donors (Lipinski definition) is 0. The number of alkyl halides is 4. The van der Waals surface area contributed by atoms with Crippen molar-refractivity contribution >= 4 is 0 Å². The molecule has 0 nitrogen and oxygen atoms in total. The first kappa shape index (κ1) is 20.7. The van der Waals surface area contributed by atoms with E-state index >= 15 is 0 Å². The second-order valence-corrected chi connectivity index (χ2v) is 8.89. The van der Waals surface area contributed by atoms with Gasteiger partial charge in [-0.15, -0.1) is 0 Å². The molecule has 0 atom stereocenters. The Kier molecular flexibility index (Phi) is 6.22. The highest BCUT2D eigenvalue weighted by molar-refractivity contribution is 5.29. The van der Waals surface area contributed by atoms with Crippen molar-refractivity contribution in [3.05, 3.63) is 35.4 Å². The third-order valence-electron chi connectivity index (χ3n) is 7.20. The summed E-state index contributed by atoms with van der Waals surface area (Å²) in [5.74, 6) is -5.21. The Morgan fingerprint density at radius 2 is 1.26 bits per heavy atom. The lowest BCUT2D eigenvalue weighted by molar-refractivity contribution is -0.204. The van der Waals surface area contributed by atoms with Crippen LogP contribution in [0.2, 0.25) is 0 Å². The molecule has 0 aliphatic heterocycles. The van der Waals surface area contributed by atoms with Gasteiger partial charge in [0.05, 0.1) is 0 Å². The molecule has 0 N–H and O–H groups in total. The fourth-order valence-electron chi connectivity index (χ4n) is 5.21. The second kappa shape index (κ2) is 8.13. The third-order valence-corrected chi connectivity index (χ3v) is 7.20. The van der Waals surface area contributed by atoms with Crippen molar-refractivity contribution in [2.75, 3.05) is 0 Å². The van der Waals surface area contributed by atoms with Crippen LogP contribution in [0, 0.1) is 17.8 Å². The maximum absolute atomic E-state index is 13.8. The van der Waals surface area contributed by atoms with Crippen molar-refractivity contribution < 1.29 is 17.6 Å². The van der Waals surface area contributed by atoms with Crippen LogP contribution < -0.4 is 0 Å². The fraction of sp³-hybridized carbons (Fsp3) is 0.739. The lowest BCUT2D eigenvalue weighted by atomic mass is 9.68. The van der Waals surface area contributed by atoms with Crippen LogP contribution in [0.3, 0.4) is 0 Å². The lowest BCUT2D eigenvalue weighted by Crippen LogP contribution is -2.34. The summed E-state index contributed by atoms with van der Waals surface area (Å²) >= 11 is 0. The van der Waals surface area contributed by atoms with Gasteiger partial charge in [0.25, 0.3) is 0 Å².